The van der Waals surface area contributed by atoms with Crippen LogP contribution in [-0.2, 0) is 37.0 Å². The van der Waals surface area contributed by atoms with Crippen molar-refractivity contribution in [3.8, 4) is 0 Å². The molecule has 0 aromatic heterocycles. The first-order chi connectivity index (χ1) is 14.7. The fourth-order valence-electron chi connectivity index (χ4n) is 4.11. The molecule has 1 N–H and O–H groups in total. The topological polar surface area (TPSA) is 66.0 Å². The molecule has 30 heavy (non-hydrogen) atoms. The van der Waals surface area contributed by atoms with Crippen molar-refractivity contribution >= 4 is 5.97 Å². The van der Waals surface area contributed by atoms with Crippen LogP contribution in [0.25, 0.3) is 0 Å². The SMILES string of the molecule is CCOC(=O)[C@H]1C[C@H]2OC[C@H](OCc3ccccc3)[C@@H](OCc3ccccc3)[C@H]2N1. The third-order valence-electron chi connectivity index (χ3n) is 5.62. The van der Waals surface area contributed by atoms with E-state index in [-0.39, 0.29) is 36.4 Å². The number of carbonyl (C=O) groups is 1. The van der Waals surface area contributed by atoms with Crippen LogP contribution in [-0.4, -0.2) is 49.6 Å². The van der Waals surface area contributed by atoms with Gasteiger partial charge in [0.05, 0.1) is 38.6 Å². The maximum absolute atomic E-state index is 12.3. The number of ether oxygens (including phenoxy) is 4. The molecule has 0 spiro atoms. The zero-order valence-corrected chi connectivity index (χ0v) is 17.2. The van der Waals surface area contributed by atoms with Crippen LogP contribution in [0.5, 0.6) is 0 Å². The predicted octanol–water partition coefficient (Wildman–Crippen LogP) is 2.85. The summed E-state index contributed by atoms with van der Waals surface area (Å²) < 4.78 is 23.8. The molecule has 5 atom stereocenters. The Bertz CT molecular complexity index is 800. The van der Waals surface area contributed by atoms with Crippen LogP contribution >= 0.6 is 0 Å². The van der Waals surface area contributed by atoms with Crippen LogP contribution in [0.15, 0.2) is 60.7 Å². The van der Waals surface area contributed by atoms with E-state index in [9.17, 15) is 4.79 Å². The Labute approximate surface area is 177 Å². The molecule has 0 saturated carbocycles. The Kier molecular flexibility index (Phi) is 7.12. The van der Waals surface area contributed by atoms with Crippen molar-refractivity contribution in [1.82, 2.24) is 5.32 Å². The molecule has 0 radical (unpaired) electrons. The van der Waals surface area contributed by atoms with Gasteiger partial charge >= 0.3 is 5.97 Å². The molecule has 0 bridgehead atoms. The van der Waals surface area contributed by atoms with Gasteiger partial charge in [0.1, 0.15) is 18.2 Å². The molecule has 2 aliphatic rings. The van der Waals surface area contributed by atoms with Gasteiger partial charge in [-0.3, -0.25) is 10.1 Å². The van der Waals surface area contributed by atoms with E-state index in [1.807, 2.05) is 67.6 Å². The number of esters is 1. The zero-order valence-electron chi connectivity index (χ0n) is 17.2. The standard InChI is InChI=1S/C24H29NO5/c1-2-27-24(26)19-13-20-22(25-19)23(30-15-18-11-7-4-8-12-18)21(16-29-20)28-14-17-9-5-3-6-10-17/h3-12,19-23,25H,2,13-16H2,1H3/t19-,20-,21+,22+,23-/m1/s1. The summed E-state index contributed by atoms with van der Waals surface area (Å²) >= 11 is 0. The minimum absolute atomic E-state index is 0.100. The summed E-state index contributed by atoms with van der Waals surface area (Å²) in [5, 5.41) is 3.39. The van der Waals surface area contributed by atoms with E-state index in [1.165, 1.54) is 0 Å². The molecule has 0 aliphatic carbocycles. The van der Waals surface area contributed by atoms with E-state index in [2.05, 4.69) is 5.32 Å². The van der Waals surface area contributed by atoms with Crippen molar-refractivity contribution in [2.45, 2.75) is 57.0 Å². The van der Waals surface area contributed by atoms with Gasteiger partial charge in [0, 0.05) is 6.42 Å². The summed E-state index contributed by atoms with van der Waals surface area (Å²) in [5.74, 6) is -0.237. The summed E-state index contributed by atoms with van der Waals surface area (Å²) in [6.07, 6.45) is 0.0209. The molecule has 2 aromatic rings. The van der Waals surface area contributed by atoms with E-state index in [1.54, 1.807) is 0 Å². The van der Waals surface area contributed by atoms with Crippen LogP contribution in [0, 0.1) is 0 Å². The summed E-state index contributed by atoms with van der Waals surface area (Å²) in [5.41, 5.74) is 2.20. The van der Waals surface area contributed by atoms with Gasteiger partial charge < -0.3 is 18.9 Å². The van der Waals surface area contributed by atoms with Crippen LogP contribution < -0.4 is 5.32 Å². The Morgan fingerprint density at radius 3 is 2.27 bits per heavy atom. The fraction of sp³-hybridized carbons (Fsp3) is 0.458. The van der Waals surface area contributed by atoms with Crippen LogP contribution in [0.2, 0.25) is 0 Å². The van der Waals surface area contributed by atoms with Crippen molar-refractivity contribution in [2.75, 3.05) is 13.2 Å². The highest BCUT2D eigenvalue weighted by atomic mass is 16.6. The highest BCUT2D eigenvalue weighted by molar-refractivity contribution is 5.76. The van der Waals surface area contributed by atoms with Crippen molar-refractivity contribution in [2.24, 2.45) is 0 Å². The van der Waals surface area contributed by atoms with E-state index < -0.39 is 0 Å². The lowest BCUT2D eigenvalue weighted by atomic mass is 9.97. The molecule has 6 heteroatoms. The Hall–Kier alpha value is -2.25. The summed E-state index contributed by atoms with van der Waals surface area (Å²) in [7, 11) is 0. The highest BCUT2D eigenvalue weighted by Gasteiger charge is 2.49. The third-order valence-corrected chi connectivity index (χ3v) is 5.62. The monoisotopic (exact) mass is 411 g/mol. The molecule has 0 amide bonds. The highest BCUT2D eigenvalue weighted by Crippen LogP contribution is 2.30. The van der Waals surface area contributed by atoms with Gasteiger partial charge in [-0.15, -0.1) is 0 Å². The van der Waals surface area contributed by atoms with Gasteiger partial charge in [-0.05, 0) is 18.1 Å². The number of fused-ring (bicyclic) bond motifs is 1. The first-order valence-corrected chi connectivity index (χ1v) is 10.6. The summed E-state index contributed by atoms with van der Waals surface area (Å²) in [6, 6.07) is 19.6. The molecular formula is C24H29NO5. The van der Waals surface area contributed by atoms with Crippen LogP contribution in [0.3, 0.4) is 0 Å². The van der Waals surface area contributed by atoms with Crippen molar-refractivity contribution in [3.63, 3.8) is 0 Å². The number of rotatable bonds is 8. The Morgan fingerprint density at radius 2 is 1.63 bits per heavy atom. The van der Waals surface area contributed by atoms with Gasteiger partial charge in [0.25, 0.3) is 0 Å². The molecule has 2 aliphatic heterocycles. The minimum Gasteiger partial charge on any atom is -0.465 e. The van der Waals surface area contributed by atoms with Crippen LogP contribution in [0.1, 0.15) is 24.5 Å². The minimum atomic E-state index is -0.379. The lowest BCUT2D eigenvalue weighted by Gasteiger charge is -2.39. The second kappa shape index (κ2) is 10.2. The molecule has 2 heterocycles. The largest absolute Gasteiger partial charge is 0.465 e. The quantitative estimate of drug-likeness (QED) is 0.674. The van der Waals surface area contributed by atoms with Gasteiger partial charge in [0.2, 0.25) is 0 Å². The average Bonchev–Trinajstić information content (AvgIpc) is 3.23. The lowest BCUT2D eigenvalue weighted by molar-refractivity contribution is -0.177. The average molecular weight is 411 g/mol. The van der Waals surface area contributed by atoms with Gasteiger partial charge in [-0.25, -0.2) is 0 Å². The normalized spacial score (nSPS) is 28.1. The smallest absolute Gasteiger partial charge is 0.323 e. The number of nitrogens with one attached hydrogen (secondary N) is 1. The second-order valence-corrected chi connectivity index (χ2v) is 7.70. The maximum atomic E-state index is 12.3. The number of hydrogen-bond acceptors (Lipinski definition) is 6. The van der Waals surface area contributed by atoms with E-state index >= 15 is 0 Å². The van der Waals surface area contributed by atoms with Crippen molar-refractivity contribution < 1.29 is 23.7 Å². The summed E-state index contributed by atoms with van der Waals surface area (Å²) in [4.78, 5) is 12.3. The number of carbonyl (C=O) groups excluding carboxylic acids is 1. The lowest BCUT2D eigenvalue weighted by Crippen LogP contribution is -2.57. The molecule has 2 saturated heterocycles. The van der Waals surface area contributed by atoms with Crippen molar-refractivity contribution in [3.05, 3.63) is 71.8 Å². The predicted molar refractivity (Wildman–Crippen MR) is 112 cm³/mol. The number of hydrogen-bond donors (Lipinski definition) is 1. The first-order valence-electron chi connectivity index (χ1n) is 10.6. The second-order valence-electron chi connectivity index (χ2n) is 7.70. The van der Waals surface area contributed by atoms with Gasteiger partial charge in [0.15, 0.2) is 0 Å². The molecule has 0 unspecified atom stereocenters. The number of benzene rings is 2. The van der Waals surface area contributed by atoms with Gasteiger partial charge in [-0.2, -0.15) is 0 Å². The first kappa shape index (κ1) is 21.0. The zero-order chi connectivity index (χ0) is 20.8. The molecular weight excluding hydrogens is 382 g/mol. The van der Waals surface area contributed by atoms with Gasteiger partial charge in [-0.1, -0.05) is 60.7 Å². The molecule has 2 aromatic carbocycles. The molecule has 4 rings (SSSR count). The Morgan fingerprint density at radius 1 is 1.00 bits per heavy atom. The van der Waals surface area contributed by atoms with Crippen LogP contribution in [0.4, 0.5) is 0 Å². The molecule has 160 valence electrons. The maximum Gasteiger partial charge on any atom is 0.323 e. The summed E-state index contributed by atoms with van der Waals surface area (Å²) in [6.45, 7) is 3.58. The third kappa shape index (κ3) is 5.08. The van der Waals surface area contributed by atoms with E-state index in [0.717, 1.165) is 11.1 Å². The fourth-order valence-corrected chi connectivity index (χ4v) is 4.11. The molecule has 6 nitrogen and oxygen atoms in total. The van der Waals surface area contributed by atoms with E-state index in [0.29, 0.717) is 32.8 Å². The van der Waals surface area contributed by atoms with E-state index in [4.69, 9.17) is 18.9 Å². The Balaban J connectivity index is 1.45. The molecule has 2 fully saturated rings. The van der Waals surface area contributed by atoms with Crippen molar-refractivity contribution in [1.29, 1.82) is 0 Å².